The van der Waals surface area contributed by atoms with Gasteiger partial charge >= 0.3 is 5.97 Å². The number of rotatable bonds is 5. The van der Waals surface area contributed by atoms with Gasteiger partial charge < -0.3 is 14.9 Å². The van der Waals surface area contributed by atoms with Crippen molar-refractivity contribution in [2.45, 2.75) is 19.9 Å². The van der Waals surface area contributed by atoms with E-state index in [1.807, 2.05) is 13.8 Å². The molecule has 0 saturated carbocycles. The highest BCUT2D eigenvalue weighted by molar-refractivity contribution is 5.91. The number of aliphatic carboxylic acids is 1. The molecule has 0 radical (unpaired) electrons. The van der Waals surface area contributed by atoms with E-state index in [4.69, 9.17) is 5.11 Å². The molecule has 1 aromatic heterocycles. The van der Waals surface area contributed by atoms with E-state index in [1.165, 1.54) is 4.90 Å². The van der Waals surface area contributed by atoms with Crippen molar-refractivity contribution in [2.75, 3.05) is 25.5 Å². The summed E-state index contributed by atoms with van der Waals surface area (Å²) in [5.74, 6) is -0.745. The van der Waals surface area contributed by atoms with E-state index < -0.39 is 5.97 Å². The zero-order chi connectivity index (χ0) is 14.6. The molecule has 1 rings (SSSR count). The van der Waals surface area contributed by atoms with Crippen LogP contribution >= 0.6 is 0 Å². The average Bonchev–Trinajstić information content (AvgIpc) is 2.34. The van der Waals surface area contributed by atoms with Crippen molar-refractivity contribution in [2.24, 2.45) is 0 Å². The quantitative estimate of drug-likeness (QED) is 0.834. The highest BCUT2D eigenvalue weighted by Gasteiger charge is 2.17. The van der Waals surface area contributed by atoms with Gasteiger partial charge in [-0.1, -0.05) is 0 Å². The van der Waals surface area contributed by atoms with Crippen LogP contribution in [0.1, 0.15) is 24.3 Å². The van der Waals surface area contributed by atoms with Crippen molar-refractivity contribution < 1.29 is 14.7 Å². The van der Waals surface area contributed by atoms with Crippen LogP contribution in [0, 0.1) is 0 Å². The number of amides is 1. The Hall–Kier alpha value is -2.18. The van der Waals surface area contributed by atoms with Gasteiger partial charge in [0.1, 0.15) is 6.54 Å². The predicted octanol–water partition coefficient (Wildman–Crippen LogP) is 0.478. The summed E-state index contributed by atoms with van der Waals surface area (Å²) in [6, 6.07) is 3.12. The lowest BCUT2D eigenvalue weighted by atomic mass is 10.3. The fourth-order valence-electron chi connectivity index (χ4n) is 1.50. The first-order chi connectivity index (χ1) is 8.82. The topological polar surface area (TPSA) is 86.6 Å². The zero-order valence-corrected chi connectivity index (χ0v) is 11.5. The van der Waals surface area contributed by atoms with E-state index in [9.17, 15) is 9.59 Å². The lowest BCUT2D eigenvalue weighted by Gasteiger charge is -2.25. The van der Waals surface area contributed by atoms with E-state index >= 15 is 0 Å². The molecule has 7 nitrogen and oxygen atoms in total. The van der Waals surface area contributed by atoms with Gasteiger partial charge in [0.15, 0.2) is 11.5 Å². The van der Waals surface area contributed by atoms with Crippen LogP contribution in [-0.4, -0.2) is 58.8 Å². The summed E-state index contributed by atoms with van der Waals surface area (Å²) in [5, 5.41) is 16.6. The molecule has 0 aliphatic heterocycles. The smallest absolute Gasteiger partial charge is 0.323 e. The molecule has 1 N–H and O–H groups in total. The molecule has 0 aliphatic carbocycles. The molecule has 0 saturated heterocycles. The van der Waals surface area contributed by atoms with Crippen LogP contribution in [0.4, 0.5) is 5.82 Å². The highest BCUT2D eigenvalue weighted by atomic mass is 16.4. The van der Waals surface area contributed by atoms with Crippen LogP contribution in [0.2, 0.25) is 0 Å². The molecule has 104 valence electrons. The van der Waals surface area contributed by atoms with Crippen molar-refractivity contribution in [3.63, 3.8) is 0 Å². The largest absolute Gasteiger partial charge is 0.480 e. The molecule has 0 bridgehead atoms. The maximum Gasteiger partial charge on any atom is 0.323 e. The fourth-order valence-corrected chi connectivity index (χ4v) is 1.50. The lowest BCUT2D eigenvalue weighted by molar-refractivity contribution is -0.135. The van der Waals surface area contributed by atoms with Crippen LogP contribution in [0.25, 0.3) is 0 Å². The maximum absolute atomic E-state index is 11.7. The second kappa shape index (κ2) is 6.12. The Labute approximate surface area is 111 Å². The number of hydrogen-bond donors (Lipinski definition) is 1. The second-order valence-electron chi connectivity index (χ2n) is 4.59. The van der Waals surface area contributed by atoms with Crippen LogP contribution in [-0.2, 0) is 4.79 Å². The first-order valence-corrected chi connectivity index (χ1v) is 5.86. The van der Waals surface area contributed by atoms with Crippen LogP contribution in [0.5, 0.6) is 0 Å². The number of carboxylic acid groups (broad SMARTS) is 1. The Bertz CT molecular complexity index is 457. The normalized spacial score (nSPS) is 10.4. The Kier molecular flexibility index (Phi) is 4.80. The molecule has 0 unspecified atom stereocenters. The summed E-state index contributed by atoms with van der Waals surface area (Å²) in [7, 11) is 3.26. The van der Waals surface area contributed by atoms with Crippen LogP contribution in [0.3, 0.4) is 0 Å². The van der Waals surface area contributed by atoms with Gasteiger partial charge in [-0.2, -0.15) is 0 Å². The summed E-state index contributed by atoms with van der Waals surface area (Å²) < 4.78 is 0. The minimum atomic E-state index is -0.941. The molecule has 7 heteroatoms. The SMILES string of the molecule is CC(C)N(CC(=O)O)c1ccc(C(=O)N(C)C)nn1. The first kappa shape index (κ1) is 14.9. The summed E-state index contributed by atoms with van der Waals surface area (Å²) in [4.78, 5) is 25.5. The highest BCUT2D eigenvalue weighted by Crippen LogP contribution is 2.13. The molecule has 19 heavy (non-hydrogen) atoms. The summed E-state index contributed by atoms with van der Waals surface area (Å²) in [6.07, 6.45) is 0. The molecule has 0 spiro atoms. The minimum Gasteiger partial charge on any atom is -0.480 e. The third kappa shape index (κ3) is 3.90. The summed E-state index contributed by atoms with van der Waals surface area (Å²) >= 11 is 0. The van der Waals surface area contributed by atoms with Gasteiger partial charge in [-0.3, -0.25) is 9.59 Å². The number of aromatic nitrogens is 2. The van der Waals surface area contributed by atoms with E-state index in [0.29, 0.717) is 5.82 Å². The zero-order valence-electron chi connectivity index (χ0n) is 11.5. The van der Waals surface area contributed by atoms with Crippen molar-refractivity contribution in [3.8, 4) is 0 Å². The molecule has 0 atom stereocenters. The number of carbonyl (C=O) groups excluding carboxylic acids is 1. The van der Waals surface area contributed by atoms with Crippen molar-refractivity contribution >= 4 is 17.7 Å². The van der Waals surface area contributed by atoms with Gasteiger partial charge in [0.05, 0.1) is 0 Å². The number of carbonyl (C=O) groups is 2. The third-order valence-corrected chi connectivity index (χ3v) is 2.50. The van der Waals surface area contributed by atoms with Crippen LogP contribution < -0.4 is 4.90 Å². The second-order valence-corrected chi connectivity index (χ2v) is 4.59. The Morgan fingerprint density at radius 3 is 2.26 bits per heavy atom. The summed E-state index contributed by atoms with van der Waals surface area (Å²) in [6.45, 7) is 3.57. The number of hydrogen-bond acceptors (Lipinski definition) is 5. The van der Waals surface area contributed by atoms with Gasteiger partial charge in [-0.25, -0.2) is 0 Å². The molecule has 0 fully saturated rings. The molecular weight excluding hydrogens is 248 g/mol. The number of carboxylic acids is 1. The average molecular weight is 266 g/mol. The lowest BCUT2D eigenvalue weighted by Crippen LogP contribution is -2.36. The molecule has 1 aromatic rings. The van der Waals surface area contributed by atoms with Gasteiger partial charge in [0.2, 0.25) is 0 Å². The van der Waals surface area contributed by atoms with E-state index in [1.54, 1.807) is 31.1 Å². The molecule has 0 aromatic carbocycles. The third-order valence-electron chi connectivity index (χ3n) is 2.50. The van der Waals surface area contributed by atoms with Gasteiger partial charge in [0, 0.05) is 20.1 Å². The van der Waals surface area contributed by atoms with E-state index in [-0.39, 0.29) is 24.2 Å². The molecular formula is C12H18N4O3. The van der Waals surface area contributed by atoms with E-state index in [0.717, 1.165) is 0 Å². The molecule has 1 amide bonds. The molecule has 1 heterocycles. The Balaban J connectivity index is 2.95. The van der Waals surface area contributed by atoms with Crippen molar-refractivity contribution in [3.05, 3.63) is 17.8 Å². The van der Waals surface area contributed by atoms with Gasteiger partial charge in [0.25, 0.3) is 5.91 Å². The van der Waals surface area contributed by atoms with Crippen molar-refractivity contribution in [1.82, 2.24) is 15.1 Å². The molecule has 0 aliphatic rings. The first-order valence-electron chi connectivity index (χ1n) is 5.86. The number of anilines is 1. The number of nitrogens with zero attached hydrogens (tertiary/aromatic N) is 4. The standard InChI is InChI=1S/C12H18N4O3/c1-8(2)16(7-11(17)18)10-6-5-9(13-14-10)12(19)15(3)4/h5-6,8H,7H2,1-4H3,(H,17,18). The van der Waals surface area contributed by atoms with Gasteiger partial charge in [-0.05, 0) is 26.0 Å². The maximum atomic E-state index is 11.7. The Morgan fingerprint density at radius 2 is 1.89 bits per heavy atom. The monoisotopic (exact) mass is 266 g/mol. The predicted molar refractivity (Wildman–Crippen MR) is 70.2 cm³/mol. The summed E-state index contributed by atoms with van der Waals surface area (Å²) in [5.41, 5.74) is 0.229. The van der Waals surface area contributed by atoms with Crippen molar-refractivity contribution in [1.29, 1.82) is 0 Å². The minimum absolute atomic E-state index is 0.0270. The van der Waals surface area contributed by atoms with E-state index in [2.05, 4.69) is 10.2 Å². The Morgan fingerprint density at radius 1 is 1.26 bits per heavy atom. The van der Waals surface area contributed by atoms with Crippen LogP contribution in [0.15, 0.2) is 12.1 Å². The van der Waals surface area contributed by atoms with Gasteiger partial charge in [-0.15, -0.1) is 10.2 Å². The fraction of sp³-hybridized carbons (Fsp3) is 0.500.